The minimum absolute atomic E-state index is 0.116. The van der Waals surface area contributed by atoms with Crippen molar-refractivity contribution in [2.24, 2.45) is 5.73 Å². The van der Waals surface area contributed by atoms with Crippen molar-refractivity contribution >= 4 is 5.91 Å². The molecule has 0 saturated heterocycles. The Bertz CT molecular complexity index is 161. The van der Waals surface area contributed by atoms with E-state index in [-0.39, 0.29) is 5.91 Å². The van der Waals surface area contributed by atoms with Crippen LogP contribution in [0.3, 0.4) is 0 Å². The van der Waals surface area contributed by atoms with Gasteiger partial charge in [0.15, 0.2) is 0 Å². The summed E-state index contributed by atoms with van der Waals surface area (Å²) in [5.74, 6) is 0.116. The molecule has 0 radical (unpaired) electrons. The molecule has 0 fully saturated rings. The number of carbonyl (C=O) groups excluding carboxylic acids is 1. The van der Waals surface area contributed by atoms with Crippen molar-refractivity contribution in [1.29, 1.82) is 0 Å². The molecule has 0 heterocycles. The minimum atomic E-state index is 0.116. The summed E-state index contributed by atoms with van der Waals surface area (Å²) in [6.45, 7) is 3.84. The number of nitrogens with two attached hydrogens (primary N) is 1. The summed E-state index contributed by atoms with van der Waals surface area (Å²) in [4.78, 5) is 13.2. The normalized spacial score (nSPS) is 12.9. The van der Waals surface area contributed by atoms with E-state index in [0.29, 0.717) is 12.5 Å². The summed E-state index contributed by atoms with van der Waals surface area (Å²) >= 11 is 0. The molecular formula is C10H23N3O. The minimum Gasteiger partial charge on any atom is -0.359 e. The lowest BCUT2D eigenvalue weighted by Crippen LogP contribution is -2.32. The third kappa shape index (κ3) is 5.94. The van der Waals surface area contributed by atoms with Crippen molar-refractivity contribution < 1.29 is 4.79 Å². The summed E-state index contributed by atoms with van der Waals surface area (Å²) in [6.07, 6.45) is 2.53. The van der Waals surface area contributed by atoms with Gasteiger partial charge in [-0.1, -0.05) is 0 Å². The van der Waals surface area contributed by atoms with Crippen LogP contribution in [-0.2, 0) is 4.79 Å². The highest BCUT2D eigenvalue weighted by Gasteiger charge is 2.07. The molecule has 84 valence electrons. The van der Waals surface area contributed by atoms with Crippen molar-refractivity contribution in [3.63, 3.8) is 0 Å². The van der Waals surface area contributed by atoms with Gasteiger partial charge in [-0.05, 0) is 39.9 Å². The molecule has 0 aliphatic heterocycles. The van der Waals surface area contributed by atoms with Crippen LogP contribution in [0.25, 0.3) is 0 Å². The fourth-order valence-electron chi connectivity index (χ4n) is 1.30. The van der Waals surface area contributed by atoms with Crippen LogP contribution in [0.5, 0.6) is 0 Å². The second-order valence-electron chi connectivity index (χ2n) is 3.68. The van der Waals surface area contributed by atoms with E-state index in [1.165, 1.54) is 0 Å². The van der Waals surface area contributed by atoms with E-state index in [1.54, 1.807) is 7.05 Å². The van der Waals surface area contributed by atoms with Crippen molar-refractivity contribution in [2.45, 2.75) is 32.2 Å². The lowest BCUT2D eigenvalue weighted by atomic mass is 10.2. The third-order valence-electron chi connectivity index (χ3n) is 2.53. The van der Waals surface area contributed by atoms with Gasteiger partial charge in [0.1, 0.15) is 0 Å². The highest BCUT2D eigenvalue weighted by molar-refractivity contribution is 5.75. The first kappa shape index (κ1) is 13.4. The van der Waals surface area contributed by atoms with E-state index >= 15 is 0 Å². The SMILES string of the molecule is CNC(=O)CCCN(C)C(C)CCN. The van der Waals surface area contributed by atoms with E-state index in [1.807, 2.05) is 0 Å². The molecular weight excluding hydrogens is 178 g/mol. The van der Waals surface area contributed by atoms with E-state index in [2.05, 4.69) is 24.2 Å². The molecule has 4 nitrogen and oxygen atoms in total. The Kier molecular flexibility index (Phi) is 7.42. The molecule has 3 N–H and O–H groups in total. The molecule has 0 rings (SSSR count). The van der Waals surface area contributed by atoms with Gasteiger partial charge in [0, 0.05) is 19.5 Å². The molecule has 14 heavy (non-hydrogen) atoms. The molecule has 0 bridgehead atoms. The van der Waals surface area contributed by atoms with Crippen molar-refractivity contribution in [3.8, 4) is 0 Å². The average molecular weight is 201 g/mol. The molecule has 1 unspecified atom stereocenters. The zero-order valence-corrected chi connectivity index (χ0v) is 9.55. The summed E-state index contributed by atoms with van der Waals surface area (Å²) in [5.41, 5.74) is 5.47. The molecule has 0 aromatic carbocycles. The predicted octanol–water partition coefficient (Wildman–Crippen LogP) is 0.182. The van der Waals surface area contributed by atoms with Crippen molar-refractivity contribution in [2.75, 3.05) is 27.2 Å². The summed E-state index contributed by atoms with van der Waals surface area (Å²) in [7, 11) is 3.74. The molecule has 1 atom stereocenters. The van der Waals surface area contributed by atoms with Crippen LogP contribution in [0, 0.1) is 0 Å². The number of hydrogen-bond donors (Lipinski definition) is 2. The topological polar surface area (TPSA) is 58.4 Å². The standard InChI is InChI=1S/C10H23N3O/c1-9(6-7-11)13(3)8-4-5-10(14)12-2/h9H,4-8,11H2,1-3H3,(H,12,14). The molecule has 0 saturated carbocycles. The number of rotatable bonds is 7. The van der Waals surface area contributed by atoms with E-state index in [4.69, 9.17) is 5.73 Å². The molecule has 1 amide bonds. The Balaban J connectivity index is 3.52. The maximum Gasteiger partial charge on any atom is 0.219 e. The largest absolute Gasteiger partial charge is 0.359 e. The second-order valence-corrected chi connectivity index (χ2v) is 3.68. The number of hydrogen-bond acceptors (Lipinski definition) is 3. The van der Waals surface area contributed by atoms with Crippen LogP contribution in [0.1, 0.15) is 26.2 Å². The van der Waals surface area contributed by atoms with E-state index < -0.39 is 0 Å². The first-order valence-electron chi connectivity index (χ1n) is 5.22. The van der Waals surface area contributed by atoms with Gasteiger partial charge in [0.25, 0.3) is 0 Å². The van der Waals surface area contributed by atoms with Crippen LogP contribution in [0.15, 0.2) is 0 Å². The van der Waals surface area contributed by atoms with Crippen molar-refractivity contribution in [1.82, 2.24) is 10.2 Å². The summed E-state index contributed by atoms with van der Waals surface area (Å²) in [5, 5.41) is 2.62. The van der Waals surface area contributed by atoms with Crippen molar-refractivity contribution in [3.05, 3.63) is 0 Å². The quantitative estimate of drug-likeness (QED) is 0.618. The highest BCUT2D eigenvalue weighted by Crippen LogP contribution is 2.01. The van der Waals surface area contributed by atoms with Gasteiger partial charge in [0.05, 0.1) is 0 Å². The third-order valence-corrected chi connectivity index (χ3v) is 2.53. The lowest BCUT2D eigenvalue weighted by molar-refractivity contribution is -0.120. The van der Waals surface area contributed by atoms with Crippen LogP contribution >= 0.6 is 0 Å². The Morgan fingerprint density at radius 1 is 1.57 bits per heavy atom. The van der Waals surface area contributed by atoms with Gasteiger partial charge in [-0.15, -0.1) is 0 Å². The molecule has 0 aromatic heterocycles. The van der Waals surface area contributed by atoms with Crippen LogP contribution in [0.2, 0.25) is 0 Å². The number of nitrogens with zero attached hydrogens (tertiary/aromatic N) is 1. The predicted molar refractivity (Wildman–Crippen MR) is 59.1 cm³/mol. The Morgan fingerprint density at radius 2 is 2.21 bits per heavy atom. The van der Waals surface area contributed by atoms with Gasteiger partial charge in [-0.2, -0.15) is 0 Å². The van der Waals surface area contributed by atoms with E-state index in [9.17, 15) is 4.79 Å². The van der Waals surface area contributed by atoms with Gasteiger partial charge in [0.2, 0.25) is 5.91 Å². The zero-order valence-electron chi connectivity index (χ0n) is 9.55. The van der Waals surface area contributed by atoms with Gasteiger partial charge < -0.3 is 16.0 Å². The Morgan fingerprint density at radius 3 is 2.71 bits per heavy atom. The zero-order chi connectivity index (χ0) is 11.0. The van der Waals surface area contributed by atoms with Gasteiger partial charge in [-0.3, -0.25) is 4.79 Å². The fraction of sp³-hybridized carbons (Fsp3) is 0.900. The maximum absolute atomic E-state index is 10.9. The molecule has 0 aliphatic rings. The number of amides is 1. The first-order valence-corrected chi connectivity index (χ1v) is 5.22. The second kappa shape index (κ2) is 7.76. The maximum atomic E-state index is 10.9. The monoisotopic (exact) mass is 201 g/mol. The Labute approximate surface area is 86.8 Å². The van der Waals surface area contributed by atoms with E-state index in [0.717, 1.165) is 25.9 Å². The molecule has 4 heteroatoms. The van der Waals surface area contributed by atoms with Gasteiger partial charge in [-0.25, -0.2) is 0 Å². The van der Waals surface area contributed by atoms with Crippen LogP contribution in [0.4, 0.5) is 0 Å². The summed E-state index contributed by atoms with van der Waals surface area (Å²) < 4.78 is 0. The van der Waals surface area contributed by atoms with Crippen LogP contribution < -0.4 is 11.1 Å². The Hall–Kier alpha value is -0.610. The summed E-state index contributed by atoms with van der Waals surface area (Å²) in [6, 6.07) is 0.504. The average Bonchev–Trinajstić information content (AvgIpc) is 2.17. The molecule has 0 spiro atoms. The number of carbonyl (C=O) groups is 1. The number of nitrogens with one attached hydrogen (secondary N) is 1. The van der Waals surface area contributed by atoms with Gasteiger partial charge >= 0.3 is 0 Å². The molecule has 0 aliphatic carbocycles. The highest BCUT2D eigenvalue weighted by atomic mass is 16.1. The molecule has 0 aromatic rings. The lowest BCUT2D eigenvalue weighted by Gasteiger charge is -2.23. The fourth-order valence-corrected chi connectivity index (χ4v) is 1.30. The van der Waals surface area contributed by atoms with Crippen LogP contribution in [-0.4, -0.2) is 44.0 Å². The smallest absolute Gasteiger partial charge is 0.219 e. The first-order chi connectivity index (χ1) is 6.61.